The van der Waals surface area contributed by atoms with Crippen molar-refractivity contribution in [2.45, 2.75) is 39.7 Å². The first-order chi connectivity index (χ1) is 13.2. The Hall–Kier alpha value is -2.15. The zero-order valence-electron chi connectivity index (χ0n) is 16.1. The molecule has 2 bridgehead atoms. The third kappa shape index (κ3) is 2.96. The predicted molar refractivity (Wildman–Crippen MR) is 111 cm³/mol. The topological polar surface area (TPSA) is 84.2 Å². The van der Waals surface area contributed by atoms with Crippen LogP contribution < -0.4 is 10.9 Å². The Morgan fingerprint density at radius 1 is 1.29 bits per heavy atom. The number of carbonyl (C=O) groups is 1. The number of fused-ring (bicyclic) bond motifs is 2. The Labute approximate surface area is 172 Å². The van der Waals surface area contributed by atoms with Crippen LogP contribution in [0.3, 0.4) is 0 Å². The number of carboxylic acids is 1. The van der Waals surface area contributed by atoms with Crippen molar-refractivity contribution in [1.82, 2.24) is 9.78 Å². The second-order valence-electron chi connectivity index (χ2n) is 8.65. The molecular weight excluding hydrogens is 422 g/mol. The fraction of sp³-hybridized carbons (Fsp3) is 0.476. The first kappa shape index (κ1) is 19.2. The van der Waals surface area contributed by atoms with Gasteiger partial charge in [-0.05, 0) is 76.2 Å². The Kier molecular flexibility index (Phi) is 4.61. The number of nitrogens with zero attached hydrogens (tertiary/aromatic N) is 2. The highest BCUT2D eigenvalue weighted by atomic mass is 79.9. The van der Waals surface area contributed by atoms with E-state index in [9.17, 15) is 9.59 Å². The van der Waals surface area contributed by atoms with Gasteiger partial charge < -0.3 is 10.4 Å². The van der Waals surface area contributed by atoms with Gasteiger partial charge in [0.05, 0.1) is 23.1 Å². The SMILES string of the molecule is C[C@H]1[C@H](Nc2cnn(-c3ccc(C(=O)O)cc3)c(=O)c2Br)C[C@H]2C[C@@H]1C2(C)C. The number of hydrogen-bond donors (Lipinski definition) is 2. The number of rotatable bonds is 4. The molecule has 3 aliphatic carbocycles. The molecule has 1 aromatic heterocycles. The van der Waals surface area contributed by atoms with Crippen molar-refractivity contribution in [3.8, 4) is 5.69 Å². The molecule has 0 aliphatic heterocycles. The van der Waals surface area contributed by atoms with Gasteiger partial charge in [-0.1, -0.05) is 20.8 Å². The normalized spacial score (nSPS) is 27.7. The van der Waals surface area contributed by atoms with Gasteiger partial charge in [-0.15, -0.1) is 0 Å². The summed E-state index contributed by atoms with van der Waals surface area (Å²) < 4.78 is 1.71. The van der Waals surface area contributed by atoms with Crippen LogP contribution in [0.15, 0.2) is 39.7 Å². The highest BCUT2D eigenvalue weighted by molar-refractivity contribution is 9.10. The van der Waals surface area contributed by atoms with Gasteiger partial charge in [0.15, 0.2) is 0 Å². The van der Waals surface area contributed by atoms with E-state index in [2.05, 4.69) is 47.1 Å². The van der Waals surface area contributed by atoms with Gasteiger partial charge in [0.2, 0.25) is 0 Å². The second-order valence-corrected chi connectivity index (χ2v) is 9.44. The molecule has 7 heteroatoms. The van der Waals surface area contributed by atoms with Crippen LogP contribution in [-0.4, -0.2) is 26.9 Å². The number of halogens is 1. The molecule has 0 spiro atoms. The average molecular weight is 446 g/mol. The van der Waals surface area contributed by atoms with Gasteiger partial charge in [0.25, 0.3) is 5.56 Å². The van der Waals surface area contributed by atoms with E-state index in [1.165, 1.54) is 23.2 Å². The number of hydrogen-bond acceptors (Lipinski definition) is 4. The van der Waals surface area contributed by atoms with Crippen LogP contribution in [0, 0.1) is 23.2 Å². The Morgan fingerprint density at radius 2 is 1.96 bits per heavy atom. The molecule has 1 aromatic carbocycles. The number of aromatic carboxylic acids is 1. The van der Waals surface area contributed by atoms with E-state index in [1.54, 1.807) is 18.3 Å². The molecule has 28 heavy (non-hydrogen) atoms. The summed E-state index contributed by atoms with van der Waals surface area (Å²) in [5.41, 5.74) is 1.54. The van der Waals surface area contributed by atoms with Gasteiger partial charge in [-0.3, -0.25) is 4.79 Å². The van der Waals surface area contributed by atoms with Gasteiger partial charge >= 0.3 is 5.97 Å². The van der Waals surface area contributed by atoms with Gasteiger partial charge in [-0.25, -0.2) is 4.79 Å². The first-order valence-electron chi connectivity index (χ1n) is 9.58. The Bertz CT molecular complexity index is 983. The molecule has 148 valence electrons. The third-order valence-corrected chi connectivity index (χ3v) is 7.74. The molecule has 2 aromatic rings. The van der Waals surface area contributed by atoms with E-state index < -0.39 is 5.97 Å². The monoisotopic (exact) mass is 445 g/mol. The van der Waals surface area contributed by atoms with Crippen LogP contribution >= 0.6 is 15.9 Å². The van der Waals surface area contributed by atoms with Crippen molar-refractivity contribution in [2.75, 3.05) is 5.32 Å². The van der Waals surface area contributed by atoms with E-state index in [0.29, 0.717) is 39.1 Å². The minimum absolute atomic E-state index is 0.168. The lowest BCUT2D eigenvalue weighted by atomic mass is 9.45. The summed E-state index contributed by atoms with van der Waals surface area (Å²) >= 11 is 3.43. The molecule has 0 unspecified atom stereocenters. The average Bonchev–Trinajstić information content (AvgIpc) is 2.66. The molecule has 0 saturated heterocycles. The zero-order valence-corrected chi connectivity index (χ0v) is 17.7. The molecule has 0 radical (unpaired) electrons. The van der Waals surface area contributed by atoms with Gasteiger partial charge in [-0.2, -0.15) is 9.78 Å². The third-order valence-electron chi connectivity index (χ3n) is 6.97. The zero-order chi connectivity index (χ0) is 20.2. The van der Waals surface area contributed by atoms with Crippen LogP contribution in [0.4, 0.5) is 5.69 Å². The number of carboxylic acid groups (broad SMARTS) is 1. The van der Waals surface area contributed by atoms with Crippen molar-refractivity contribution >= 4 is 27.6 Å². The lowest BCUT2D eigenvalue weighted by Crippen LogP contribution is -2.58. The van der Waals surface area contributed by atoms with Crippen LogP contribution in [0.1, 0.15) is 44.0 Å². The van der Waals surface area contributed by atoms with Crippen LogP contribution in [-0.2, 0) is 0 Å². The Morgan fingerprint density at radius 3 is 2.54 bits per heavy atom. The summed E-state index contributed by atoms with van der Waals surface area (Å²) in [5, 5.41) is 16.9. The molecule has 3 fully saturated rings. The lowest BCUT2D eigenvalue weighted by molar-refractivity contribution is -0.105. The number of anilines is 1. The molecule has 3 aliphatic rings. The van der Waals surface area contributed by atoms with Crippen LogP contribution in [0.2, 0.25) is 0 Å². The summed E-state index contributed by atoms with van der Waals surface area (Å²) in [6, 6.07) is 6.42. The first-order valence-corrected chi connectivity index (χ1v) is 10.4. The predicted octanol–water partition coefficient (Wildman–Crippen LogP) is 4.18. The van der Waals surface area contributed by atoms with E-state index in [4.69, 9.17) is 5.11 Å². The molecule has 2 N–H and O–H groups in total. The molecule has 3 saturated carbocycles. The molecule has 6 nitrogen and oxygen atoms in total. The lowest BCUT2D eigenvalue weighted by Gasteiger charge is -2.62. The van der Waals surface area contributed by atoms with Crippen molar-refractivity contribution in [1.29, 1.82) is 0 Å². The van der Waals surface area contributed by atoms with Crippen LogP contribution in [0.25, 0.3) is 5.69 Å². The summed E-state index contributed by atoms with van der Waals surface area (Å²) in [4.78, 5) is 23.8. The summed E-state index contributed by atoms with van der Waals surface area (Å²) in [5.74, 6) is 0.975. The maximum Gasteiger partial charge on any atom is 0.335 e. The number of benzene rings is 1. The largest absolute Gasteiger partial charge is 0.478 e. The number of nitrogens with one attached hydrogen (secondary N) is 1. The smallest absolute Gasteiger partial charge is 0.335 e. The van der Waals surface area contributed by atoms with Crippen molar-refractivity contribution in [2.24, 2.45) is 23.2 Å². The minimum atomic E-state index is -1.00. The summed E-state index contributed by atoms with van der Waals surface area (Å²) in [6.07, 6.45) is 4.07. The molecule has 5 rings (SSSR count). The van der Waals surface area contributed by atoms with Crippen molar-refractivity contribution in [3.63, 3.8) is 0 Å². The quantitative estimate of drug-likeness (QED) is 0.737. The van der Waals surface area contributed by atoms with E-state index >= 15 is 0 Å². The van der Waals surface area contributed by atoms with Crippen molar-refractivity contribution < 1.29 is 9.90 Å². The highest BCUT2D eigenvalue weighted by Gasteiger charge is 2.56. The molecular formula is C21H24BrN3O3. The maximum absolute atomic E-state index is 12.8. The minimum Gasteiger partial charge on any atom is -0.478 e. The summed E-state index contributed by atoms with van der Waals surface area (Å²) in [6.45, 7) is 7.03. The van der Waals surface area contributed by atoms with E-state index in [-0.39, 0.29) is 11.1 Å². The molecule has 4 atom stereocenters. The fourth-order valence-corrected chi connectivity index (χ4v) is 5.39. The van der Waals surface area contributed by atoms with Crippen molar-refractivity contribution in [3.05, 3.63) is 50.9 Å². The van der Waals surface area contributed by atoms with Gasteiger partial charge in [0.1, 0.15) is 4.47 Å². The maximum atomic E-state index is 12.8. The van der Waals surface area contributed by atoms with Gasteiger partial charge in [0, 0.05) is 6.04 Å². The second kappa shape index (κ2) is 6.72. The van der Waals surface area contributed by atoms with E-state index in [0.717, 1.165) is 12.3 Å². The Balaban J connectivity index is 1.57. The van der Waals surface area contributed by atoms with Crippen LogP contribution in [0.5, 0.6) is 0 Å². The standard InChI is InChI=1S/C21H24BrN3O3/c1-11-15-8-13(21(15,2)3)9-16(11)24-17-10-23-25(19(26)18(17)22)14-6-4-12(5-7-14)20(27)28/h4-7,10-11,13,15-16,24H,8-9H2,1-3H3,(H,27,28)/t11-,13-,15+,16-/m1/s1. The molecule has 1 heterocycles. The highest BCUT2D eigenvalue weighted by Crippen LogP contribution is 2.61. The van der Waals surface area contributed by atoms with E-state index in [1.807, 2.05) is 0 Å². The number of aromatic nitrogens is 2. The fourth-order valence-electron chi connectivity index (χ4n) is 5.00. The summed E-state index contributed by atoms with van der Waals surface area (Å²) in [7, 11) is 0. The molecule has 0 amide bonds.